The van der Waals surface area contributed by atoms with Gasteiger partial charge < -0.3 is 20.5 Å². The molecule has 0 saturated carbocycles. The summed E-state index contributed by atoms with van der Waals surface area (Å²) in [7, 11) is 0. The van der Waals surface area contributed by atoms with Crippen LogP contribution >= 0.6 is 0 Å². The average molecular weight is 441 g/mol. The number of fused-ring (bicyclic) bond motifs is 1. The first kappa shape index (κ1) is 23.2. The van der Waals surface area contributed by atoms with Crippen LogP contribution in [0.2, 0.25) is 0 Å². The normalized spacial score (nSPS) is 12.5. The Morgan fingerprint density at radius 2 is 2.03 bits per heavy atom. The number of anilines is 1. The number of para-hydroxylation sites is 1. The van der Waals surface area contributed by atoms with Gasteiger partial charge in [-0.3, -0.25) is 10.1 Å². The van der Waals surface area contributed by atoms with E-state index in [4.69, 9.17) is 9.37 Å². The number of nitrogens with zero attached hydrogens (tertiary/aromatic N) is 3. The number of nitro groups is 1. The van der Waals surface area contributed by atoms with Crippen LogP contribution in [0, 0.1) is 10.1 Å². The van der Waals surface area contributed by atoms with Gasteiger partial charge in [-0.1, -0.05) is 24.3 Å². The molecule has 0 amide bonds. The molecule has 1 heterocycles. The molecule has 3 rings (SSSR count). The number of aliphatic hydroxyl groups is 1. The molecule has 2 aromatic carbocycles. The maximum Gasteiger partial charge on any atom is 0.300 e. The van der Waals surface area contributed by atoms with E-state index in [0.717, 1.165) is 11.3 Å². The Kier molecular flexibility index (Phi) is 7.39. The van der Waals surface area contributed by atoms with Crippen LogP contribution in [0.5, 0.6) is 5.75 Å². The lowest BCUT2D eigenvalue weighted by Gasteiger charge is -2.28. The summed E-state index contributed by atoms with van der Waals surface area (Å²) in [6, 6.07) is 10.6. The van der Waals surface area contributed by atoms with Gasteiger partial charge in [-0.2, -0.15) is 0 Å². The minimum atomic E-state index is -0.701. The van der Waals surface area contributed by atoms with Crippen LogP contribution in [0.25, 0.3) is 11.0 Å². The third-order valence-electron chi connectivity index (χ3n) is 4.78. The molecule has 0 aliphatic rings. The summed E-state index contributed by atoms with van der Waals surface area (Å²) in [5, 5.41) is 35.4. The van der Waals surface area contributed by atoms with E-state index >= 15 is 0 Å². The van der Waals surface area contributed by atoms with Crippen molar-refractivity contribution in [2.45, 2.75) is 31.9 Å². The van der Waals surface area contributed by atoms with Gasteiger partial charge in [0.15, 0.2) is 5.52 Å². The van der Waals surface area contributed by atoms with Crippen molar-refractivity contribution in [3.05, 3.63) is 64.7 Å². The lowest BCUT2D eigenvalue weighted by molar-refractivity contribution is -0.383. The van der Waals surface area contributed by atoms with Crippen LogP contribution in [-0.4, -0.2) is 51.7 Å². The summed E-state index contributed by atoms with van der Waals surface area (Å²) >= 11 is 0. The van der Waals surface area contributed by atoms with E-state index in [9.17, 15) is 15.2 Å². The fraction of sp³-hybridized carbons (Fsp3) is 0.364. The molecule has 32 heavy (non-hydrogen) atoms. The number of rotatable bonds is 12. The van der Waals surface area contributed by atoms with E-state index in [1.54, 1.807) is 6.07 Å². The van der Waals surface area contributed by atoms with Crippen molar-refractivity contribution in [1.82, 2.24) is 15.6 Å². The molecule has 170 valence electrons. The molecule has 0 aliphatic carbocycles. The predicted molar refractivity (Wildman–Crippen MR) is 121 cm³/mol. The molecule has 10 heteroatoms. The molecular formula is C22H27N5O5. The first-order valence-electron chi connectivity index (χ1n) is 10.2. The molecular weight excluding hydrogens is 414 g/mol. The maximum atomic E-state index is 11.1. The molecule has 0 saturated heterocycles. The van der Waals surface area contributed by atoms with Gasteiger partial charge >= 0.3 is 5.69 Å². The predicted octanol–water partition coefficient (Wildman–Crippen LogP) is 3.08. The molecule has 0 radical (unpaired) electrons. The molecule has 1 atom stereocenters. The van der Waals surface area contributed by atoms with Crippen LogP contribution in [0.3, 0.4) is 0 Å². The minimum Gasteiger partial charge on any atom is -0.491 e. The molecule has 1 unspecified atom stereocenters. The highest BCUT2D eigenvalue weighted by Crippen LogP contribution is 2.30. The van der Waals surface area contributed by atoms with Gasteiger partial charge in [0.1, 0.15) is 18.5 Å². The second-order valence-corrected chi connectivity index (χ2v) is 8.06. The third kappa shape index (κ3) is 5.80. The summed E-state index contributed by atoms with van der Waals surface area (Å²) in [6.07, 6.45) is 1.80. The van der Waals surface area contributed by atoms with Gasteiger partial charge in [-0.15, -0.1) is 6.58 Å². The largest absolute Gasteiger partial charge is 0.491 e. The van der Waals surface area contributed by atoms with E-state index in [1.165, 1.54) is 6.07 Å². The summed E-state index contributed by atoms with van der Waals surface area (Å²) in [6.45, 7) is 8.64. The minimum absolute atomic E-state index is 0.0908. The number of benzene rings is 2. The number of nitro benzene ring substituents is 1. The van der Waals surface area contributed by atoms with E-state index in [0.29, 0.717) is 30.7 Å². The highest BCUT2D eigenvalue weighted by Gasteiger charge is 2.24. The fourth-order valence-electron chi connectivity index (χ4n) is 3.28. The number of non-ortho nitro benzene ring substituents is 1. The molecule has 3 N–H and O–H groups in total. The zero-order valence-electron chi connectivity index (χ0n) is 18.1. The number of nitrogens with one attached hydrogen (secondary N) is 2. The topological polar surface area (TPSA) is 136 Å². The number of hydrogen-bond donors (Lipinski definition) is 3. The Morgan fingerprint density at radius 3 is 2.78 bits per heavy atom. The summed E-state index contributed by atoms with van der Waals surface area (Å²) in [5.41, 5.74) is 1.35. The molecule has 1 aromatic heterocycles. The molecule has 0 aliphatic heterocycles. The Balaban J connectivity index is 1.52. The van der Waals surface area contributed by atoms with Crippen molar-refractivity contribution in [1.29, 1.82) is 0 Å². The van der Waals surface area contributed by atoms with Crippen molar-refractivity contribution in [2.75, 3.05) is 25.0 Å². The lowest BCUT2D eigenvalue weighted by Crippen LogP contribution is -2.44. The van der Waals surface area contributed by atoms with E-state index < -0.39 is 16.6 Å². The van der Waals surface area contributed by atoms with Gasteiger partial charge in [0.05, 0.1) is 10.6 Å². The van der Waals surface area contributed by atoms with Crippen LogP contribution in [-0.2, 0) is 6.42 Å². The number of aliphatic hydroxyl groups excluding tert-OH is 1. The van der Waals surface area contributed by atoms with Crippen molar-refractivity contribution in [3.8, 4) is 5.75 Å². The van der Waals surface area contributed by atoms with E-state index in [1.807, 2.05) is 44.2 Å². The van der Waals surface area contributed by atoms with Crippen molar-refractivity contribution in [2.24, 2.45) is 0 Å². The Bertz CT molecular complexity index is 1080. The van der Waals surface area contributed by atoms with E-state index in [-0.39, 0.29) is 17.8 Å². The number of hydrogen-bond acceptors (Lipinski definition) is 9. The van der Waals surface area contributed by atoms with Gasteiger partial charge in [0.25, 0.3) is 0 Å². The molecule has 0 bridgehead atoms. The van der Waals surface area contributed by atoms with Gasteiger partial charge in [0.2, 0.25) is 5.52 Å². The molecule has 0 fully saturated rings. The standard InChI is InChI=1S/C22H27N5O5/c1-4-7-15-8-5-6-9-19(15)31-13-16(28)12-23-14-22(2,3)24-17-10-11-18(27(29)30)21-20(17)25-32-26-21/h4-6,8-11,16,23-24,28H,1,7,12-14H2,2-3H3. The first-order chi connectivity index (χ1) is 15.3. The van der Waals surface area contributed by atoms with Crippen LogP contribution in [0.15, 0.2) is 53.7 Å². The second kappa shape index (κ2) is 10.2. The Morgan fingerprint density at radius 1 is 1.28 bits per heavy atom. The molecule has 10 nitrogen and oxygen atoms in total. The van der Waals surface area contributed by atoms with Crippen molar-refractivity contribution in [3.63, 3.8) is 0 Å². The summed E-state index contributed by atoms with van der Waals surface area (Å²) in [5.74, 6) is 0.733. The Labute approximate surface area is 185 Å². The average Bonchev–Trinajstić information content (AvgIpc) is 3.23. The SMILES string of the molecule is C=CCc1ccccc1OCC(O)CNCC(C)(C)Nc1ccc([N+](=O)[O-])c2nonc12. The molecule has 0 spiro atoms. The number of allylic oxidation sites excluding steroid dienone is 1. The number of ether oxygens (including phenoxy) is 1. The zero-order chi connectivity index (χ0) is 23.1. The lowest BCUT2D eigenvalue weighted by atomic mass is 10.0. The highest BCUT2D eigenvalue weighted by molar-refractivity contribution is 5.93. The summed E-state index contributed by atoms with van der Waals surface area (Å²) < 4.78 is 10.5. The third-order valence-corrected chi connectivity index (χ3v) is 4.78. The van der Waals surface area contributed by atoms with E-state index in [2.05, 4.69) is 27.5 Å². The van der Waals surface area contributed by atoms with Gasteiger partial charge in [-0.25, -0.2) is 4.63 Å². The highest BCUT2D eigenvalue weighted by atomic mass is 16.6. The van der Waals surface area contributed by atoms with Crippen LogP contribution in [0.4, 0.5) is 11.4 Å². The summed E-state index contributed by atoms with van der Waals surface area (Å²) in [4.78, 5) is 10.6. The van der Waals surface area contributed by atoms with Crippen LogP contribution < -0.4 is 15.4 Å². The van der Waals surface area contributed by atoms with Gasteiger partial charge in [-0.05, 0) is 48.3 Å². The monoisotopic (exact) mass is 441 g/mol. The van der Waals surface area contributed by atoms with Crippen molar-refractivity contribution < 1.29 is 19.4 Å². The maximum absolute atomic E-state index is 11.1. The second-order valence-electron chi connectivity index (χ2n) is 8.06. The first-order valence-corrected chi connectivity index (χ1v) is 10.2. The smallest absolute Gasteiger partial charge is 0.300 e. The molecule has 3 aromatic rings. The Hall–Kier alpha value is -3.50. The fourth-order valence-corrected chi connectivity index (χ4v) is 3.28. The quantitative estimate of drug-likeness (QED) is 0.220. The zero-order valence-corrected chi connectivity index (χ0v) is 18.1. The number of aromatic nitrogens is 2. The van der Waals surface area contributed by atoms with Gasteiger partial charge in [0, 0.05) is 24.7 Å². The van der Waals surface area contributed by atoms with Crippen molar-refractivity contribution >= 4 is 22.4 Å². The van der Waals surface area contributed by atoms with Crippen LogP contribution in [0.1, 0.15) is 19.4 Å².